The number of unbranched alkanes of at least 4 members (excludes halogenated alkanes) is 1. The summed E-state index contributed by atoms with van der Waals surface area (Å²) in [5.74, 6) is 0.583. The van der Waals surface area contributed by atoms with E-state index in [0.29, 0.717) is 0 Å². The van der Waals surface area contributed by atoms with E-state index in [1.165, 1.54) is 18.4 Å². The fourth-order valence-electron chi connectivity index (χ4n) is 2.69. The minimum Gasteiger partial charge on any atom is -0.483 e. The van der Waals surface area contributed by atoms with Crippen molar-refractivity contribution in [1.82, 2.24) is 0 Å². The van der Waals surface area contributed by atoms with E-state index in [0.717, 1.165) is 27.9 Å². The lowest BCUT2D eigenvalue weighted by atomic mass is 9.86. The first-order valence-corrected chi connectivity index (χ1v) is 9.90. The van der Waals surface area contributed by atoms with Crippen molar-refractivity contribution in [2.75, 3.05) is 11.9 Å². The number of nitrogens with one attached hydrogen (secondary N) is 1. The lowest BCUT2D eigenvalue weighted by molar-refractivity contribution is -0.118. The first kappa shape index (κ1) is 20.5. The van der Waals surface area contributed by atoms with Crippen LogP contribution >= 0.6 is 15.9 Å². The Labute approximate surface area is 165 Å². The number of halogens is 1. The Morgan fingerprint density at radius 1 is 1.12 bits per heavy atom. The van der Waals surface area contributed by atoms with Crippen molar-refractivity contribution in [3.8, 4) is 5.75 Å². The molecule has 26 heavy (non-hydrogen) atoms. The normalized spacial score (nSPS) is 11.3. The average Bonchev–Trinajstić information content (AvgIpc) is 2.59. The highest BCUT2D eigenvalue weighted by Crippen LogP contribution is 2.33. The third-order valence-electron chi connectivity index (χ3n) is 4.17. The molecule has 0 fully saturated rings. The summed E-state index contributed by atoms with van der Waals surface area (Å²) < 4.78 is 6.80. The number of amides is 1. The lowest BCUT2D eigenvalue weighted by Gasteiger charge is -2.23. The Kier molecular flexibility index (Phi) is 7.27. The van der Waals surface area contributed by atoms with E-state index >= 15 is 0 Å². The van der Waals surface area contributed by atoms with Gasteiger partial charge in [0.15, 0.2) is 6.61 Å². The van der Waals surface area contributed by atoms with Crippen molar-refractivity contribution < 1.29 is 9.53 Å². The maximum atomic E-state index is 12.2. The van der Waals surface area contributed by atoms with Crippen molar-refractivity contribution in [2.45, 2.75) is 52.4 Å². The van der Waals surface area contributed by atoms with Gasteiger partial charge in [-0.15, -0.1) is 0 Å². The molecule has 0 saturated carbocycles. The zero-order valence-corrected chi connectivity index (χ0v) is 17.7. The number of benzene rings is 2. The highest BCUT2D eigenvalue weighted by atomic mass is 79.9. The molecule has 3 nitrogen and oxygen atoms in total. The summed E-state index contributed by atoms with van der Waals surface area (Å²) in [4.78, 5) is 12.2. The highest BCUT2D eigenvalue weighted by Gasteiger charge is 2.20. The van der Waals surface area contributed by atoms with Crippen LogP contribution < -0.4 is 10.1 Å². The van der Waals surface area contributed by atoms with Crippen molar-refractivity contribution in [3.63, 3.8) is 0 Å². The van der Waals surface area contributed by atoms with Crippen molar-refractivity contribution >= 4 is 27.5 Å². The molecule has 0 aliphatic carbocycles. The summed E-state index contributed by atoms with van der Waals surface area (Å²) >= 11 is 3.50. The zero-order valence-electron chi connectivity index (χ0n) is 16.1. The van der Waals surface area contributed by atoms with Crippen LogP contribution in [0.25, 0.3) is 0 Å². The molecule has 1 N–H and O–H groups in total. The van der Waals surface area contributed by atoms with E-state index in [1.807, 2.05) is 30.3 Å². The monoisotopic (exact) mass is 417 g/mol. The van der Waals surface area contributed by atoms with Crippen LogP contribution in [0, 0.1) is 0 Å². The molecule has 0 unspecified atom stereocenters. The molecule has 140 valence electrons. The molecule has 0 atom stereocenters. The van der Waals surface area contributed by atoms with E-state index in [2.05, 4.69) is 61.1 Å². The van der Waals surface area contributed by atoms with Gasteiger partial charge in [-0.1, -0.05) is 62.2 Å². The third kappa shape index (κ3) is 6.17. The number of carbonyl (C=O) groups is 1. The lowest BCUT2D eigenvalue weighted by Crippen LogP contribution is -2.22. The van der Waals surface area contributed by atoms with Crippen LogP contribution in [-0.4, -0.2) is 12.5 Å². The molecule has 2 aromatic carbocycles. The van der Waals surface area contributed by atoms with E-state index in [1.54, 1.807) is 0 Å². The molecule has 0 aromatic heterocycles. The minimum atomic E-state index is -0.158. The molecule has 4 heteroatoms. The van der Waals surface area contributed by atoms with Gasteiger partial charge in [0.1, 0.15) is 5.75 Å². The largest absolute Gasteiger partial charge is 0.483 e. The van der Waals surface area contributed by atoms with Gasteiger partial charge in [-0.2, -0.15) is 0 Å². The quantitative estimate of drug-likeness (QED) is 0.590. The molecular weight excluding hydrogens is 390 g/mol. The van der Waals surface area contributed by atoms with E-state index < -0.39 is 0 Å². The topological polar surface area (TPSA) is 38.3 Å². The minimum absolute atomic E-state index is 0.0116. The molecule has 0 saturated heterocycles. The molecule has 0 spiro atoms. The first-order chi connectivity index (χ1) is 12.3. The molecule has 2 rings (SSSR count). The molecular formula is C22H28BrNO2. The van der Waals surface area contributed by atoms with Crippen LogP contribution in [-0.2, 0) is 16.6 Å². The molecule has 0 heterocycles. The summed E-state index contributed by atoms with van der Waals surface area (Å²) in [5, 5.41) is 2.89. The highest BCUT2D eigenvalue weighted by molar-refractivity contribution is 9.10. The Balaban J connectivity index is 1.95. The van der Waals surface area contributed by atoms with Crippen LogP contribution in [0.1, 0.15) is 51.7 Å². The van der Waals surface area contributed by atoms with Gasteiger partial charge in [-0.3, -0.25) is 4.79 Å². The summed E-state index contributed by atoms with van der Waals surface area (Å²) in [6, 6.07) is 13.9. The second kappa shape index (κ2) is 9.22. The molecule has 0 radical (unpaired) electrons. The Hall–Kier alpha value is -1.81. The predicted octanol–water partition coefficient (Wildman–Crippen LogP) is 6.11. The maximum Gasteiger partial charge on any atom is 0.262 e. The van der Waals surface area contributed by atoms with E-state index in [-0.39, 0.29) is 17.9 Å². The van der Waals surface area contributed by atoms with Crippen LogP contribution in [0.3, 0.4) is 0 Å². The number of rotatable bonds is 7. The SMILES string of the molecule is CCCCc1ccc(NC(=O)COc2ccc(Br)cc2C(C)(C)C)cc1. The molecule has 0 aliphatic heterocycles. The van der Waals surface area contributed by atoms with Crippen LogP contribution in [0.2, 0.25) is 0 Å². The molecule has 0 aliphatic rings. The maximum absolute atomic E-state index is 12.2. The fourth-order valence-corrected chi connectivity index (χ4v) is 3.05. The van der Waals surface area contributed by atoms with Gasteiger partial charge < -0.3 is 10.1 Å². The van der Waals surface area contributed by atoms with Gasteiger partial charge in [0, 0.05) is 15.7 Å². The average molecular weight is 418 g/mol. The number of hydrogen-bond donors (Lipinski definition) is 1. The Morgan fingerprint density at radius 2 is 1.81 bits per heavy atom. The number of anilines is 1. The first-order valence-electron chi connectivity index (χ1n) is 9.11. The second-order valence-corrected chi connectivity index (χ2v) is 8.44. The smallest absolute Gasteiger partial charge is 0.262 e. The number of aryl methyl sites for hydroxylation is 1. The van der Waals surface area contributed by atoms with Crippen LogP contribution in [0.15, 0.2) is 46.9 Å². The number of carbonyl (C=O) groups excluding carboxylic acids is 1. The van der Waals surface area contributed by atoms with Crippen molar-refractivity contribution in [3.05, 3.63) is 58.1 Å². The Bertz CT molecular complexity index is 733. The van der Waals surface area contributed by atoms with Crippen molar-refractivity contribution in [1.29, 1.82) is 0 Å². The van der Waals surface area contributed by atoms with Gasteiger partial charge in [0.05, 0.1) is 0 Å². The second-order valence-electron chi connectivity index (χ2n) is 7.53. The summed E-state index contributed by atoms with van der Waals surface area (Å²) in [5.41, 5.74) is 3.10. The Morgan fingerprint density at radius 3 is 2.42 bits per heavy atom. The number of ether oxygens (including phenoxy) is 1. The third-order valence-corrected chi connectivity index (χ3v) is 4.66. The molecule has 2 aromatic rings. The number of hydrogen-bond acceptors (Lipinski definition) is 2. The van der Waals surface area contributed by atoms with Gasteiger partial charge in [-0.05, 0) is 54.2 Å². The van der Waals surface area contributed by atoms with Gasteiger partial charge in [-0.25, -0.2) is 0 Å². The fraction of sp³-hybridized carbons (Fsp3) is 0.409. The predicted molar refractivity (Wildman–Crippen MR) is 112 cm³/mol. The standard InChI is InChI=1S/C22H28BrNO2/c1-5-6-7-16-8-11-18(12-9-16)24-21(25)15-26-20-13-10-17(23)14-19(20)22(2,3)4/h8-14H,5-7,15H2,1-4H3,(H,24,25). The molecule has 1 amide bonds. The van der Waals surface area contributed by atoms with E-state index in [9.17, 15) is 4.79 Å². The van der Waals surface area contributed by atoms with Crippen LogP contribution in [0.5, 0.6) is 5.75 Å². The van der Waals surface area contributed by atoms with Gasteiger partial charge in [0.2, 0.25) is 0 Å². The van der Waals surface area contributed by atoms with Gasteiger partial charge in [0.25, 0.3) is 5.91 Å². The van der Waals surface area contributed by atoms with Gasteiger partial charge >= 0.3 is 0 Å². The summed E-state index contributed by atoms with van der Waals surface area (Å²) in [6.07, 6.45) is 3.44. The molecule has 0 bridgehead atoms. The summed E-state index contributed by atoms with van der Waals surface area (Å²) in [7, 11) is 0. The van der Waals surface area contributed by atoms with E-state index in [4.69, 9.17) is 4.74 Å². The summed E-state index contributed by atoms with van der Waals surface area (Å²) in [6.45, 7) is 8.55. The zero-order chi connectivity index (χ0) is 19.2. The van der Waals surface area contributed by atoms with Crippen molar-refractivity contribution in [2.24, 2.45) is 0 Å². The van der Waals surface area contributed by atoms with Crippen LogP contribution in [0.4, 0.5) is 5.69 Å².